The zero-order chi connectivity index (χ0) is 27.1. The number of hydrogen-bond acceptors (Lipinski definition) is 7. The van der Waals surface area contributed by atoms with E-state index in [1.807, 2.05) is 12.1 Å². The Balaban J connectivity index is 1.55. The lowest BCUT2D eigenvalue weighted by atomic mass is 9.92. The SMILES string of the molecule is CCOC(=O)c1ccc(OC[C@@H]2c3cc(OC)c(OC)cc3CCN2C(=O)COc2ccc(Cl)cc2)cc1. The van der Waals surface area contributed by atoms with E-state index < -0.39 is 12.0 Å². The van der Waals surface area contributed by atoms with Crippen LogP contribution in [0.5, 0.6) is 23.0 Å². The smallest absolute Gasteiger partial charge is 0.338 e. The van der Waals surface area contributed by atoms with E-state index in [0.29, 0.717) is 53.2 Å². The molecule has 0 spiro atoms. The lowest BCUT2D eigenvalue weighted by Gasteiger charge is -2.37. The highest BCUT2D eigenvalue weighted by Crippen LogP contribution is 2.38. The first kappa shape index (κ1) is 27.1. The summed E-state index contributed by atoms with van der Waals surface area (Å²) in [6.07, 6.45) is 0.646. The Morgan fingerprint density at radius 3 is 2.21 bits per heavy atom. The molecule has 3 aromatic carbocycles. The normalized spacial score (nSPS) is 14.3. The molecule has 1 aliphatic heterocycles. The van der Waals surface area contributed by atoms with Gasteiger partial charge >= 0.3 is 5.97 Å². The minimum atomic E-state index is -0.399. The molecule has 0 bridgehead atoms. The zero-order valence-corrected chi connectivity index (χ0v) is 22.3. The summed E-state index contributed by atoms with van der Waals surface area (Å²) in [6.45, 7) is 2.61. The Morgan fingerprint density at radius 1 is 0.921 bits per heavy atom. The molecule has 0 saturated carbocycles. The molecule has 1 aliphatic rings. The van der Waals surface area contributed by atoms with Crippen LogP contribution in [-0.2, 0) is 16.0 Å². The Kier molecular flexibility index (Phi) is 8.97. The molecule has 0 N–H and O–H groups in total. The molecule has 8 nitrogen and oxygen atoms in total. The van der Waals surface area contributed by atoms with Crippen molar-refractivity contribution in [2.45, 2.75) is 19.4 Å². The lowest BCUT2D eigenvalue weighted by Crippen LogP contribution is -2.44. The van der Waals surface area contributed by atoms with Crippen molar-refractivity contribution in [3.8, 4) is 23.0 Å². The number of esters is 1. The van der Waals surface area contributed by atoms with Crippen LogP contribution in [-0.4, -0.2) is 57.4 Å². The number of carbonyl (C=O) groups is 2. The summed E-state index contributed by atoms with van der Waals surface area (Å²) in [5.41, 5.74) is 2.41. The molecule has 1 atom stereocenters. The third-order valence-electron chi connectivity index (χ3n) is 6.27. The van der Waals surface area contributed by atoms with Crippen LogP contribution in [0, 0.1) is 0 Å². The molecule has 0 fully saturated rings. The summed E-state index contributed by atoms with van der Waals surface area (Å²) in [4.78, 5) is 27.1. The predicted octanol–water partition coefficient (Wildman–Crippen LogP) is 5.12. The number of fused-ring (bicyclic) bond motifs is 1. The molecule has 38 heavy (non-hydrogen) atoms. The number of hydrogen-bond donors (Lipinski definition) is 0. The van der Waals surface area contributed by atoms with Crippen LogP contribution >= 0.6 is 11.6 Å². The summed E-state index contributed by atoms with van der Waals surface area (Å²) in [5, 5.41) is 0.591. The highest BCUT2D eigenvalue weighted by molar-refractivity contribution is 6.30. The van der Waals surface area contributed by atoms with Gasteiger partial charge in [-0.3, -0.25) is 4.79 Å². The second-order valence-electron chi connectivity index (χ2n) is 8.56. The molecular formula is C29H30ClNO7. The molecule has 3 aromatic rings. The number of rotatable bonds is 10. The van der Waals surface area contributed by atoms with E-state index in [2.05, 4.69) is 0 Å². The van der Waals surface area contributed by atoms with Crippen molar-refractivity contribution in [1.29, 1.82) is 0 Å². The van der Waals surface area contributed by atoms with Crippen LogP contribution in [0.4, 0.5) is 0 Å². The molecule has 0 aliphatic carbocycles. The van der Waals surface area contributed by atoms with E-state index in [-0.39, 0.29) is 19.1 Å². The quantitative estimate of drug-likeness (QED) is 0.331. The van der Waals surface area contributed by atoms with Crippen LogP contribution in [0.2, 0.25) is 5.02 Å². The van der Waals surface area contributed by atoms with Gasteiger partial charge in [0.25, 0.3) is 5.91 Å². The number of amides is 1. The van der Waals surface area contributed by atoms with Crippen LogP contribution in [0.15, 0.2) is 60.7 Å². The first-order chi connectivity index (χ1) is 18.4. The van der Waals surface area contributed by atoms with Crippen molar-refractivity contribution in [1.82, 2.24) is 4.90 Å². The molecule has 4 rings (SSSR count). The Bertz CT molecular complexity index is 1260. The third-order valence-corrected chi connectivity index (χ3v) is 6.52. The molecule has 9 heteroatoms. The molecule has 1 amide bonds. The van der Waals surface area contributed by atoms with Gasteiger partial charge in [0.15, 0.2) is 18.1 Å². The van der Waals surface area contributed by atoms with E-state index in [4.69, 9.17) is 35.3 Å². The van der Waals surface area contributed by atoms with Gasteiger partial charge < -0.3 is 28.6 Å². The first-order valence-electron chi connectivity index (χ1n) is 12.3. The van der Waals surface area contributed by atoms with Crippen LogP contribution < -0.4 is 18.9 Å². The maximum Gasteiger partial charge on any atom is 0.338 e. The van der Waals surface area contributed by atoms with Gasteiger partial charge in [-0.25, -0.2) is 4.79 Å². The van der Waals surface area contributed by atoms with Gasteiger partial charge in [-0.15, -0.1) is 0 Å². The van der Waals surface area contributed by atoms with Gasteiger partial charge in [-0.05, 0) is 85.1 Å². The monoisotopic (exact) mass is 539 g/mol. The number of halogens is 1. The molecule has 0 saturated heterocycles. The molecule has 200 valence electrons. The van der Waals surface area contributed by atoms with E-state index in [1.54, 1.807) is 74.6 Å². The van der Waals surface area contributed by atoms with Crippen molar-refractivity contribution in [2.24, 2.45) is 0 Å². The zero-order valence-electron chi connectivity index (χ0n) is 21.6. The minimum absolute atomic E-state index is 0.130. The molecule has 1 heterocycles. The average molecular weight is 540 g/mol. The summed E-state index contributed by atoms with van der Waals surface area (Å²) < 4.78 is 27.9. The van der Waals surface area contributed by atoms with E-state index in [0.717, 1.165) is 11.1 Å². The van der Waals surface area contributed by atoms with Gasteiger partial charge in [0.2, 0.25) is 0 Å². The number of methoxy groups -OCH3 is 2. The maximum atomic E-state index is 13.3. The average Bonchev–Trinajstić information content (AvgIpc) is 2.94. The lowest BCUT2D eigenvalue weighted by molar-refractivity contribution is -0.137. The Labute approximate surface area is 227 Å². The fraction of sp³-hybridized carbons (Fsp3) is 0.310. The van der Waals surface area contributed by atoms with Gasteiger partial charge in [0.05, 0.1) is 32.4 Å². The van der Waals surface area contributed by atoms with E-state index in [1.165, 1.54) is 0 Å². The summed E-state index contributed by atoms with van der Waals surface area (Å²) in [7, 11) is 3.17. The summed E-state index contributed by atoms with van der Waals surface area (Å²) >= 11 is 5.95. The second kappa shape index (κ2) is 12.6. The van der Waals surface area contributed by atoms with Crippen LogP contribution in [0.25, 0.3) is 0 Å². The van der Waals surface area contributed by atoms with Crippen molar-refractivity contribution in [2.75, 3.05) is 40.6 Å². The summed E-state index contributed by atoms with van der Waals surface area (Å²) in [6, 6.07) is 17.0. The fourth-order valence-corrected chi connectivity index (χ4v) is 4.47. The fourth-order valence-electron chi connectivity index (χ4n) is 4.34. The molecular weight excluding hydrogens is 510 g/mol. The number of carbonyl (C=O) groups excluding carboxylic acids is 2. The van der Waals surface area contributed by atoms with Crippen molar-refractivity contribution >= 4 is 23.5 Å². The standard InChI is InChI=1S/C29H30ClNO7/c1-4-36-29(33)19-5-9-22(10-6-19)37-17-25-24-16-27(35-3)26(34-2)15-20(24)13-14-31(25)28(32)18-38-23-11-7-21(30)8-12-23/h5-12,15-16,25H,4,13-14,17-18H2,1-3H3/t25-/m1/s1. The molecule has 0 unspecified atom stereocenters. The second-order valence-corrected chi connectivity index (χ2v) is 8.99. The van der Waals surface area contributed by atoms with Crippen molar-refractivity contribution < 1.29 is 33.3 Å². The topological polar surface area (TPSA) is 83.5 Å². The third kappa shape index (κ3) is 6.31. The Morgan fingerprint density at radius 2 is 1.55 bits per heavy atom. The number of benzene rings is 3. The van der Waals surface area contributed by atoms with Crippen LogP contribution in [0.1, 0.15) is 34.5 Å². The highest BCUT2D eigenvalue weighted by atomic mass is 35.5. The van der Waals surface area contributed by atoms with Gasteiger partial charge in [-0.1, -0.05) is 11.6 Å². The predicted molar refractivity (Wildman–Crippen MR) is 143 cm³/mol. The molecule has 0 aromatic heterocycles. The van der Waals surface area contributed by atoms with Crippen molar-refractivity contribution in [3.63, 3.8) is 0 Å². The maximum absolute atomic E-state index is 13.3. The van der Waals surface area contributed by atoms with E-state index >= 15 is 0 Å². The van der Waals surface area contributed by atoms with Gasteiger partial charge in [0.1, 0.15) is 18.1 Å². The largest absolute Gasteiger partial charge is 0.493 e. The van der Waals surface area contributed by atoms with E-state index in [9.17, 15) is 9.59 Å². The first-order valence-corrected chi connectivity index (χ1v) is 12.6. The minimum Gasteiger partial charge on any atom is -0.493 e. The number of ether oxygens (including phenoxy) is 5. The van der Waals surface area contributed by atoms with Gasteiger partial charge in [0, 0.05) is 11.6 Å². The van der Waals surface area contributed by atoms with Gasteiger partial charge in [-0.2, -0.15) is 0 Å². The molecule has 0 radical (unpaired) electrons. The van der Waals surface area contributed by atoms with Crippen LogP contribution in [0.3, 0.4) is 0 Å². The highest BCUT2D eigenvalue weighted by Gasteiger charge is 2.33. The number of nitrogens with zero attached hydrogens (tertiary/aromatic N) is 1. The van der Waals surface area contributed by atoms with Crippen molar-refractivity contribution in [3.05, 3.63) is 82.4 Å². The summed E-state index contributed by atoms with van der Waals surface area (Å²) in [5.74, 6) is 1.76. The Hall–Kier alpha value is -3.91.